The van der Waals surface area contributed by atoms with Gasteiger partial charge in [0.2, 0.25) is 0 Å². The Kier molecular flexibility index (Phi) is 3.58. The molecule has 106 valence electrons. The smallest absolute Gasteiger partial charge is 0.141 e. The van der Waals surface area contributed by atoms with Gasteiger partial charge in [-0.1, -0.05) is 17.7 Å². The number of aryl methyl sites for hydroxylation is 1. The fraction of sp³-hybridized carbons (Fsp3) is 0.133. The maximum atomic E-state index is 6.08. The Morgan fingerprint density at radius 2 is 1.90 bits per heavy atom. The van der Waals surface area contributed by atoms with Gasteiger partial charge in [0.1, 0.15) is 12.7 Å². The Morgan fingerprint density at radius 3 is 2.62 bits per heavy atom. The molecule has 0 saturated carbocycles. The van der Waals surface area contributed by atoms with Gasteiger partial charge in [0.05, 0.1) is 6.21 Å². The molecule has 2 aromatic heterocycles. The van der Waals surface area contributed by atoms with Crippen molar-refractivity contribution in [1.29, 1.82) is 0 Å². The summed E-state index contributed by atoms with van der Waals surface area (Å²) in [5.41, 5.74) is 4.31. The molecule has 0 aliphatic carbocycles. The predicted octanol–water partition coefficient (Wildman–Crippen LogP) is 3.22. The van der Waals surface area contributed by atoms with Crippen LogP contribution in [0.1, 0.15) is 17.0 Å². The van der Waals surface area contributed by atoms with E-state index in [4.69, 9.17) is 11.6 Å². The lowest BCUT2D eigenvalue weighted by molar-refractivity contribution is 0.877. The van der Waals surface area contributed by atoms with E-state index < -0.39 is 0 Å². The number of benzene rings is 1. The first kappa shape index (κ1) is 13.6. The first-order valence-corrected chi connectivity index (χ1v) is 6.87. The van der Waals surface area contributed by atoms with E-state index >= 15 is 0 Å². The minimum absolute atomic E-state index is 0.722. The number of hydrogen-bond donors (Lipinski definition) is 0. The van der Waals surface area contributed by atoms with Crippen LogP contribution in [-0.2, 0) is 0 Å². The summed E-state index contributed by atoms with van der Waals surface area (Å²) >= 11 is 6.08. The number of nitrogens with zero attached hydrogens (tertiary/aromatic N) is 5. The molecule has 6 heteroatoms. The molecule has 0 radical (unpaired) electrons. The Hall–Kier alpha value is -2.40. The molecule has 0 aliphatic heterocycles. The SMILES string of the molecule is Cc1cc(/C=N\n2cnnc2)c(C)n1-c1cccc(Cl)c1. The molecule has 0 fully saturated rings. The summed E-state index contributed by atoms with van der Waals surface area (Å²) in [5.74, 6) is 0. The van der Waals surface area contributed by atoms with E-state index in [0.717, 1.165) is 27.7 Å². The van der Waals surface area contributed by atoms with E-state index in [9.17, 15) is 0 Å². The first-order valence-electron chi connectivity index (χ1n) is 6.49. The highest BCUT2D eigenvalue weighted by Gasteiger charge is 2.09. The second kappa shape index (κ2) is 5.54. The molecule has 0 amide bonds. The van der Waals surface area contributed by atoms with Gasteiger partial charge in [-0.05, 0) is 38.1 Å². The monoisotopic (exact) mass is 299 g/mol. The van der Waals surface area contributed by atoms with Crippen molar-refractivity contribution in [2.75, 3.05) is 0 Å². The second-order valence-corrected chi connectivity index (χ2v) is 5.16. The van der Waals surface area contributed by atoms with E-state index in [-0.39, 0.29) is 0 Å². The third-order valence-electron chi connectivity index (χ3n) is 3.27. The van der Waals surface area contributed by atoms with Gasteiger partial charge in [0.15, 0.2) is 0 Å². The fourth-order valence-electron chi connectivity index (χ4n) is 2.31. The highest BCUT2D eigenvalue weighted by Crippen LogP contribution is 2.22. The topological polar surface area (TPSA) is 48.0 Å². The Bertz CT molecular complexity index is 787. The maximum Gasteiger partial charge on any atom is 0.141 e. The summed E-state index contributed by atoms with van der Waals surface area (Å²) < 4.78 is 3.71. The van der Waals surface area contributed by atoms with Gasteiger partial charge in [-0.25, -0.2) is 4.68 Å². The highest BCUT2D eigenvalue weighted by atomic mass is 35.5. The van der Waals surface area contributed by atoms with Crippen LogP contribution in [0.25, 0.3) is 5.69 Å². The third kappa shape index (κ3) is 2.73. The average Bonchev–Trinajstić information content (AvgIpc) is 3.05. The highest BCUT2D eigenvalue weighted by molar-refractivity contribution is 6.30. The minimum Gasteiger partial charge on any atom is -0.318 e. The standard InChI is InChI=1S/C15H14ClN5/c1-11-6-13(8-19-20-9-17-18-10-20)12(2)21(11)15-5-3-4-14(16)7-15/h3-10H,1-2H3/b19-8-. The van der Waals surface area contributed by atoms with Crippen LogP contribution in [-0.4, -0.2) is 25.7 Å². The lowest BCUT2D eigenvalue weighted by atomic mass is 10.2. The van der Waals surface area contributed by atoms with Gasteiger partial charge in [-0.3, -0.25) is 0 Å². The van der Waals surface area contributed by atoms with Crippen LogP contribution in [0.15, 0.2) is 48.1 Å². The molecule has 1 aromatic carbocycles. The maximum absolute atomic E-state index is 6.08. The largest absolute Gasteiger partial charge is 0.318 e. The van der Waals surface area contributed by atoms with Crippen LogP contribution in [0.3, 0.4) is 0 Å². The van der Waals surface area contributed by atoms with Crippen LogP contribution in [0.5, 0.6) is 0 Å². The van der Waals surface area contributed by atoms with Gasteiger partial charge < -0.3 is 4.57 Å². The molecular formula is C15H14ClN5. The molecule has 0 bridgehead atoms. The van der Waals surface area contributed by atoms with Crippen LogP contribution in [0, 0.1) is 13.8 Å². The summed E-state index contributed by atoms with van der Waals surface area (Å²) in [6, 6.07) is 9.88. The van der Waals surface area contributed by atoms with Crippen LogP contribution in [0.4, 0.5) is 0 Å². The van der Waals surface area contributed by atoms with E-state index in [1.54, 1.807) is 23.5 Å². The lowest BCUT2D eigenvalue weighted by Gasteiger charge is -2.09. The van der Waals surface area contributed by atoms with Crippen molar-refractivity contribution in [1.82, 2.24) is 19.4 Å². The van der Waals surface area contributed by atoms with Crippen molar-refractivity contribution in [2.24, 2.45) is 5.10 Å². The molecule has 21 heavy (non-hydrogen) atoms. The molecule has 2 heterocycles. The van der Waals surface area contributed by atoms with Crippen molar-refractivity contribution in [3.05, 3.63) is 65.0 Å². The lowest BCUT2D eigenvalue weighted by Crippen LogP contribution is -1.99. The molecule has 0 saturated heterocycles. The summed E-state index contributed by atoms with van der Waals surface area (Å²) in [5, 5.41) is 12.4. The number of halogens is 1. The van der Waals surface area contributed by atoms with E-state index in [1.165, 1.54) is 0 Å². The fourth-order valence-corrected chi connectivity index (χ4v) is 2.50. The van der Waals surface area contributed by atoms with Gasteiger partial charge in [-0.15, -0.1) is 10.2 Å². The van der Waals surface area contributed by atoms with Gasteiger partial charge >= 0.3 is 0 Å². The zero-order valence-corrected chi connectivity index (χ0v) is 12.5. The molecule has 5 nitrogen and oxygen atoms in total. The zero-order chi connectivity index (χ0) is 14.8. The Balaban J connectivity index is 2.00. The van der Waals surface area contributed by atoms with Crippen molar-refractivity contribution in [3.63, 3.8) is 0 Å². The van der Waals surface area contributed by atoms with Crippen LogP contribution >= 0.6 is 11.6 Å². The van der Waals surface area contributed by atoms with Crippen molar-refractivity contribution in [3.8, 4) is 5.69 Å². The second-order valence-electron chi connectivity index (χ2n) is 4.73. The molecule has 3 aromatic rings. The quantitative estimate of drug-likeness (QED) is 0.697. The summed E-state index contributed by atoms with van der Waals surface area (Å²) in [6.07, 6.45) is 4.89. The summed E-state index contributed by atoms with van der Waals surface area (Å²) in [7, 11) is 0. The number of rotatable bonds is 3. The molecule has 0 aliphatic rings. The van der Waals surface area contributed by atoms with Gasteiger partial charge in [0, 0.05) is 27.7 Å². The van der Waals surface area contributed by atoms with E-state index in [2.05, 4.69) is 39.8 Å². The molecule has 3 rings (SSSR count). The Morgan fingerprint density at radius 1 is 1.14 bits per heavy atom. The number of hydrogen-bond acceptors (Lipinski definition) is 3. The molecule has 0 N–H and O–H groups in total. The third-order valence-corrected chi connectivity index (χ3v) is 3.51. The van der Waals surface area contributed by atoms with Gasteiger partial charge in [-0.2, -0.15) is 5.10 Å². The molecule has 0 atom stereocenters. The zero-order valence-electron chi connectivity index (χ0n) is 11.7. The van der Waals surface area contributed by atoms with Crippen LogP contribution in [0.2, 0.25) is 5.02 Å². The normalized spacial score (nSPS) is 11.4. The van der Waals surface area contributed by atoms with Crippen molar-refractivity contribution >= 4 is 17.8 Å². The summed E-state index contributed by atoms with van der Waals surface area (Å²) in [6.45, 7) is 4.12. The van der Waals surface area contributed by atoms with E-state index in [0.29, 0.717) is 0 Å². The molecular weight excluding hydrogens is 286 g/mol. The first-order chi connectivity index (χ1) is 10.1. The van der Waals surface area contributed by atoms with Gasteiger partial charge in [0.25, 0.3) is 0 Å². The van der Waals surface area contributed by atoms with E-state index in [1.807, 2.05) is 24.3 Å². The predicted molar refractivity (Wildman–Crippen MR) is 83.3 cm³/mol. The molecule has 0 unspecified atom stereocenters. The minimum atomic E-state index is 0.722. The summed E-state index contributed by atoms with van der Waals surface area (Å²) in [4.78, 5) is 0. The molecule has 0 spiro atoms. The van der Waals surface area contributed by atoms with Crippen LogP contribution < -0.4 is 0 Å². The van der Waals surface area contributed by atoms with Crippen molar-refractivity contribution < 1.29 is 0 Å². The number of aromatic nitrogens is 4. The van der Waals surface area contributed by atoms with Crippen molar-refractivity contribution in [2.45, 2.75) is 13.8 Å². The average molecular weight is 300 g/mol. The Labute approximate surface area is 127 Å².